The SMILES string of the molecule is Cc1ccc(-n2c(C)nc3[nH]cc(C)c3c2=N)cc1. The molecule has 0 spiro atoms. The van der Waals surface area contributed by atoms with Crippen molar-refractivity contribution in [1.82, 2.24) is 14.5 Å². The summed E-state index contributed by atoms with van der Waals surface area (Å²) < 4.78 is 1.88. The Bertz CT molecular complexity index is 807. The van der Waals surface area contributed by atoms with Crippen molar-refractivity contribution in [3.63, 3.8) is 0 Å². The molecule has 0 aliphatic carbocycles. The van der Waals surface area contributed by atoms with Gasteiger partial charge in [0.2, 0.25) is 0 Å². The largest absolute Gasteiger partial charge is 0.346 e. The Morgan fingerprint density at radius 1 is 1.11 bits per heavy atom. The van der Waals surface area contributed by atoms with Gasteiger partial charge in [-0.3, -0.25) is 9.98 Å². The van der Waals surface area contributed by atoms with Crippen molar-refractivity contribution in [3.05, 3.63) is 52.9 Å². The van der Waals surface area contributed by atoms with Crippen LogP contribution >= 0.6 is 0 Å². The third kappa shape index (κ3) is 1.76. The first-order valence-corrected chi connectivity index (χ1v) is 6.27. The molecule has 0 bridgehead atoms. The monoisotopic (exact) mass is 252 g/mol. The molecule has 2 aromatic heterocycles. The molecule has 0 saturated heterocycles. The van der Waals surface area contributed by atoms with Crippen LogP contribution in [-0.4, -0.2) is 14.5 Å². The van der Waals surface area contributed by atoms with Crippen molar-refractivity contribution in [1.29, 1.82) is 5.41 Å². The average Bonchev–Trinajstić information content (AvgIpc) is 2.73. The van der Waals surface area contributed by atoms with E-state index in [1.165, 1.54) is 5.56 Å². The molecular weight excluding hydrogens is 236 g/mol. The van der Waals surface area contributed by atoms with Crippen molar-refractivity contribution in [2.75, 3.05) is 0 Å². The molecule has 2 N–H and O–H groups in total. The van der Waals surface area contributed by atoms with Crippen LogP contribution in [0.25, 0.3) is 16.7 Å². The maximum absolute atomic E-state index is 8.43. The molecule has 0 amide bonds. The standard InChI is InChI=1S/C15H16N4/c1-9-4-6-12(7-5-9)19-11(3)18-15-13(14(19)16)10(2)8-17-15/h4-8,16-17H,1-3H3. The Morgan fingerprint density at radius 2 is 1.79 bits per heavy atom. The van der Waals surface area contributed by atoms with Crippen LogP contribution in [0.15, 0.2) is 30.5 Å². The first-order valence-electron chi connectivity index (χ1n) is 6.27. The Labute approximate surface area is 111 Å². The van der Waals surface area contributed by atoms with Gasteiger partial charge in [0.25, 0.3) is 0 Å². The summed E-state index contributed by atoms with van der Waals surface area (Å²) in [4.78, 5) is 7.66. The number of aromatic amines is 1. The van der Waals surface area contributed by atoms with Gasteiger partial charge in [-0.15, -0.1) is 0 Å². The van der Waals surface area contributed by atoms with E-state index in [0.29, 0.717) is 5.49 Å². The Hall–Kier alpha value is -2.36. The summed E-state index contributed by atoms with van der Waals surface area (Å²) in [7, 11) is 0. The summed E-state index contributed by atoms with van der Waals surface area (Å²) in [5.74, 6) is 0.809. The van der Waals surface area contributed by atoms with Gasteiger partial charge < -0.3 is 4.98 Å². The van der Waals surface area contributed by atoms with Gasteiger partial charge in [0.15, 0.2) is 0 Å². The lowest BCUT2D eigenvalue weighted by molar-refractivity contribution is 0.854. The zero-order chi connectivity index (χ0) is 13.6. The maximum Gasteiger partial charge on any atom is 0.143 e. The van der Waals surface area contributed by atoms with E-state index < -0.39 is 0 Å². The molecule has 1 aromatic carbocycles. The number of fused-ring (bicyclic) bond motifs is 1. The van der Waals surface area contributed by atoms with Gasteiger partial charge in [0.1, 0.15) is 17.0 Å². The minimum Gasteiger partial charge on any atom is -0.346 e. The van der Waals surface area contributed by atoms with E-state index in [1.54, 1.807) is 0 Å². The molecule has 0 unspecified atom stereocenters. The molecule has 4 heteroatoms. The van der Waals surface area contributed by atoms with E-state index in [1.807, 2.05) is 36.7 Å². The predicted octanol–water partition coefficient (Wildman–Crippen LogP) is 2.76. The highest BCUT2D eigenvalue weighted by Gasteiger charge is 2.10. The van der Waals surface area contributed by atoms with Gasteiger partial charge >= 0.3 is 0 Å². The Morgan fingerprint density at radius 3 is 2.47 bits per heavy atom. The molecule has 96 valence electrons. The fourth-order valence-corrected chi connectivity index (χ4v) is 2.39. The summed E-state index contributed by atoms with van der Waals surface area (Å²) in [5, 5.41) is 9.31. The van der Waals surface area contributed by atoms with E-state index >= 15 is 0 Å². The van der Waals surface area contributed by atoms with Crippen molar-refractivity contribution in [2.45, 2.75) is 20.8 Å². The van der Waals surface area contributed by atoms with Crippen LogP contribution < -0.4 is 5.49 Å². The second kappa shape index (κ2) is 4.09. The molecule has 0 atom stereocenters. The molecule has 0 aliphatic rings. The smallest absolute Gasteiger partial charge is 0.143 e. The lowest BCUT2D eigenvalue weighted by Gasteiger charge is -2.11. The van der Waals surface area contributed by atoms with Gasteiger partial charge in [-0.1, -0.05) is 17.7 Å². The summed E-state index contributed by atoms with van der Waals surface area (Å²) in [6.07, 6.45) is 1.90. The number of aryl methyl sites for hydroxylation is 3. The number of hydrogen-bond acceptors (Lipinski definition) is 2. The van der Waals surface area contributed by atoms with Gasteiger partial charge in [0.05, 0.1) is 5.39 Å². The van der Waals surface area contributed by atoms with Crippen LogP contribution in [0.5, 0.6) is 0 Å². The molecular formula is C15H16N4. The fourth-order valence-electron chi connectivity index (χ4n) is 2.39. The quantitative estimate of drug-likeness (QED) is 0.687. The number of aromatic nitrogens is 3. The van der Waals surface area contributed by atoms with Gasteiger partial charge in [-0.25, -0.2) is 4.98 Å². The van der Waals surface area contributed by atoms with Crippen molar-refractivity contribution in [2.24, 2.45) is 0 Å². The van der Waals surface area contributed by atoms with Crippen LogP contribution in [0.1, 0.15) is 17.0 Å². The lowest BCUT2D eigenvalue weighted by Crippen LogP contribution is -2.22. The number of nitrogens with zero attached hydrogens (tertiary/aromatic N) is 2. The minimum atomic E-state index is 0.477. The normalized spacial score (nSPS) is 11.1. The van der Waals surface area contributed by atoms with E-state index in [0.717, 1.165) is 28.1 Å². The first-order chi connectivity index (χ1) is 9.08. The summed E-state index contributed by atoms with van der Waals surface area (Å²) >= 11 is 0. The number of hydrogen-bond donors (Lipinski definition) is 2. The second-order valence-corrected chi connectivity index (χ2v) is 4.87. The fraction of sp³-hybridized carbons (Fsp3) is 0.200. The third-order valence-corrected chi connectivity index (χ3v) is 3.41. The Kier molecular flexibility index (Phi) is 2.52. The van der Waals surface area contributed by atoms with Crippen LogP contribution in [0, 0.1) is 26.2 Å². The highest BCUT2D eigenvalue weighted by Crippen LogP contribution is 2.15. The van der Waals surface area contributed by atoms with E-state index in [4.69, 9.17) is 5.41 Å². The molecule has 3 rings (SSSR count). The molecule has 0 saturated carbocycles. The van der Waals surface area contributed by atoms with Gasteiger partial charge in [0, 0.05) is 11.9 Å². The summed E-state index contributed by atoms with van der Waals surface area (Å²) in [6, 6.07) is 8.15. The minimum absolute atomic E-state index is 0.477. The number of nitrogens with one attached hydrogen (secondary N) is 2. The van der Waals surface area contributed by atoms with E-state index in [2.05, 4.69) is 29.0 Å². The topological polar surface area (TPSA) is 57.5 Å². The predicted molar refractivity (Wildman–Crippen MR) is 75.5 cm³/mol. The van der Waals surface area contributed by atoms with Crippen molar-refractivity contribution in [3.8, 4) is 5.69 Å². The molecule has 4 nitrogen and oxygen atoms in total. The van der Waals surface area contributed by atoms with Crippen LogP contribution in [0.4, 0.5) is 0 Å². The van der Waals surface area contributed by atoms with Crippen molar-refractivity contribution >= 4 is 11.0 Å². The summed E-state index contributed by atoms with van der Waals surface area (Å²) in [6.45, 7) is 5.97. The molecule has 0 radical (unpaired) electrons. The molecule has 19 heavy (non-hydrogen) atoms. The van der Waals surface area contributed by atoms with Crippen LogP contribution in [-0.2, 0) is 0 Å². The van der Waals surface area contributed by atoms with Crippen LogP contribution in [0.2, 0.25) is 0 Å². The zero-order valence-corrected chi connectivity index (χ0v) is 11.3. The van der Waals surface area contributed by atoms with E-state index in [-0.39, 0.29) is 0 Å². The number of rotatable bonds is 1. The highest BCUT2D eigenvalue weighted by atomic mass is 15.1. The van der Waals surface area contributed by atoms with E-state index in [9.17, 15) is 0 Å². The zero-order valence-electron chi connectivity index (χ0n) is 11.3. The first kappa shape index (κ1) is 11.7. The third-order valence-electron chi connectivity index (χ3n) is 3.41. The average molecular weight is 252 g/mol. The maximum atomic E-state index is 8.43. The van der Waals surface area contributed by atoms with Gasteiger partial charge in [-0.05, 0) is 38.5 Å². The van der Waals surface area contributed by atoms with Gasteiger partial charge in [-0.2, -0.15) is 0 Å². The molecule has 0 aliphatic heterocycles. The Balaban J connectivity index is 2.37. The molecule has 2 heterocycles. The molecule has 0 fully saturated rings. The highest BCUT2D eigenvalue weighted by molar-refractivity contribution is 5.78. The second-order valence-electron chi connectivity index (χ2n) is 4.87. The van der Waals surface area contributed by atoms with Crippen LogP contribution in [0.3, 0.4) is 0 Å². The number of H-pyrrole nitrogens is 1. The lowest BCUT2D eigenvalue weighted by atomic mass is 10.2. The summed E-state index contributed by atoms with van der Waals surface area (Å²) in [5.41, 5.74) is 4.49. The molecule has 3 aromatic rings. The van der Waals surface area contributed by atoms with Crippen molar-refractivity contribution < 1.29 is 0 Å². The number of benzene rings is 1.